The molecule has 0 amide bonds. The zero-order chi connectivity index (χ0) is 32.2. The van der Waals surface area contributed by atoms with Crippen LogP contribution in [0.25, 0.3) is 43.0 Å². The number of nitrogens with zero attached hydrogens (tertiary/aromatic N) is 2. The number of rotatable bonds is 8. The first-order valence-corrected chi connectivity index (χ1v) is 16.8. The number of thiophene rings is 1. The predicted molar refractivity (Wildman–Crippen MR) is 189 cm³/mol. The number of hydrogen-bond donors (Lipinski definition) is 1. The molecular formula is C39H47IrN2O2S-. The third-order valence-corrected chi connectivity index (χ3v) is 10.0. The minimum absolute atomic E-state index is 0. The van der Waals surface area contributed by atoms with Crippen LogP contribution < -0.4 is 0 Å². The first kappa shape index (κ1) is 36.5. The second-order valence-corrected chi connectivity index (χ2v) is 14.0. The third-order valence-electron chi connectivity index (χ3n) is 8.82. The minimum Gasteiger partial charge on any atom is -0.512 e. The summed E-state index contributed by atoms with van der Waals surface area (Å²) in [5, 5.41) is 14.7. The molecular weight excluding hydrogens is 753 g/mol. The number of carbonyl (C=O) groups excluding carboxylic acids is 1. The van der Waals surface area contributed by atoms with Crippen molar-refractivity contribution in [3.8, 4) is 11.3 Å². The molecule has 0 spiro atoms. The van der Waals surface area contributed by atoms with E-state index in [2.05, 4.69) is 88.1 Å². The number of aromatic nitrogens is 2. The Bertz CT molecular complexity index is 1810. The summed E-state index contributed by atoms with van der Waals surface area (Å²) in [7, 11) is 0. The Morgan fingerprint density at radius 1 is 0.933 bits per heavy atom. The molecule has 0 unspecified atom stereocenters. The Balaban J connectivity index is 0.000000297. The van der Waals surface area contributed by atoms with Crippen LogP contribution in [-0.4, -0.2) is 20.9 Å². The number of allylic oxidation sites excluding steroid dienone is 2. The Hall–Kier alpha value is -2.92. The van der Waals surface area contributed by atoms with Crippen molar-refractivity contribution in [1.29, 1.82) is 0 Å². The smallest absolute Gasteiger partial charge is 0.162 e. The van der Waals surface area contributed by atoms with Crippen molar-refractivity contribution in [3.63, 3.8) is 0 Å². The molecule has 5 aromatic rings. The number of aliphatic hydroxyl groups excluding tert-OH is 1. The summed E-state index contributed by atoms with van der Waals surface area (Å²) in [4.78, 5) is 22.3. The molecule has 2 heterocycles. The van der Waals surface area contributed by atoms with E-state index < -0.39 is 0 Å². The molecule has 241 valence electrons. The Morgan fingerprint density at radius 3 is 2.11 bits per heavy atom. The zero-order valence-corrected chi connectivity index (χ0v) is 31.4. The predicted octanol–water partition coefficient (Wildman–Crippen LogP) is 11.2. The fraction of sp³-hybridized carbons (Fsp3) is 0.410. The van der Waals surface area contributed by atoms with Crippen molar-refractivity contribution in [3.05, 3.63) is 82.7 Å². The second-order valence-electron chi connectivity index (χ2n) is 12.8. The molecule has 0 bridgehead atoms. The first-order chi connectivity index (χ1) is 20.9. The van der Waals surface area contributed by atoms with Gasteiger partial charge in [-0.05, 0) is 55.9 Å². The third kappa shape index (κ3) is 8.09. The number of hydrogen-bond acceptors (Lipinski definition) is 5. The molecule has 0 saturated carbocycles. The van der Waals surface area contributed by atoms with Crippen LogP contribution in [0.5, 0.6) is 0 Å². The van der Waals surface area contributed by atoms with Gasteiger partial charge in [0.2, 0.25) is 0 Å². The van der Waals surface area contributed by atoms with Crippen LogP contribution in [0, 0.1) is 31.7 Å². The van der Waals surface area contributed by atoms with E-state index in [1.54, 1.807) is 17.7 Å². The molecule has 4 nitrogen and oxygen atoms in total. The fourth-order valence-corrected chi connectivity index (χ4v) is 6.94. The normalized spacial score (nSPS) is 12.1. The first-order valence-electron chi connectivity index (χ1n) is 16.0. The molecule has 1 N–H and O–H groups in total. The summed E-state index contributed by atoms with van der Waals surface area (Å²) >= 11 is 1.78. The van der Waals surface area contributed by atoms with E-state index in [4.69, 9.17) is 4.98 Å². The summed E-state index contributed by atoms with van der Waals surface area (Å²) in [6, 6.07) is 19.1. The Kier molecular flexibility index (Phi) is 12.7. The average molecular weight is 800 g/mol. The van der Waals surface area contributed by atoms with Crippen molar-refractivity contribution in [2.45, 2.75) is 93.4 Å². The quantitative estimate of drug-likeness (QED) is 0.0735. The molecule has 5 rings (SSSR count). The molecule has 3 aromatic carbocycles. The van der Waals surface area contributed by atoms with Crippen molar-refractivity contribution in [2.24, 2.45) is 11.8 Å². The summed E-state index contributed by atoms with van der Waals surface area (Å²) in [6.45, 7) is 19.2. The molecule has 2 aromatic heterocycles. The van der Waals surface area contributed by atoms with Crippen LogP contribution in [0.2, 0.25) is 0 Å². The maximum absolute atomic E-state index is 11.7. The van der Waals surface area contributed by atoms with Crippen molar-refractivity contribution in [2.75, 3.05) is 0 Å². The van der Waals surface area contributed by atoms with Crippen molar-refractivity contribution >= 4 is 48.9 Å². The fourth-order valence-electron chi connectivity index (χ4n) is 5.82. The number of carbonyl (C=O) groups is 1. The maximum Gasteiger partial charge on any atom is 0.162 e. The van der Waals surface area contributed by atoms with E-state index in [-0.39, 0.29) is 48.9 Å². The van der Waals surface area contributed by atoms with E-state index >= 15 is 0 Å². The van der Waals surface area contributed by atoms with Crippen LogP contribution in [0.4, 0.5) is 0 Å². The van der Waals surface area contributed by atoms with Gasteiger partial charge in [0, 0.05) is 53.3 Å². The number of aryl methyl sites for hydroxylation is 2. The van der Waals surface area contributed by atoms with E-state index in [1.807, 2.05) is 27.7 Å². The molecule has 0 fully saturated rings. The van der Waals surface area contributed by atoms with E-state index in [0.717, 1.165) is 52.5 Å². The molecule has 0 aliphatic carbocycles. The van der Waals surface area contributed by atoms with Gasteiger partial charge >= 0.3 is 0 Å². The largest absolute Gasteiger partial charge is 0.512 e. The minimum atomic E-state index is 0. The Labute approximate surface area is 286 Å². The van der Waals surface area contributed by atoms with Gasteiger partial charge in [-0.15, -0.1) is 40.5 Å². The van der Waals surface area contributed by atoms with E-state index in [9.17, 15) is 9.90 Å². The SMILES string of the molecule is CCC(CC)C(=O)/C=C(\O)C(CC)CC.Cc1sc2c(-c3[c-]c4cc5ccccc5cc4c(C(C)(C)C)c3)ncnc2c1C.[Ir]. The summed E-state index contributed by atoms with van der Waals surface area (Å²) < 4.78 is 1.15. The number of fused-ring (bicyclic) bond motifs is 3. The van der Waals surface area contributed by atoms with Gasteiger partial charge in [-0.2, -0.15) is 0 Å². The molecule has 0 atom stereocenters. The van der Waals surface area contributed by atoms with Gasteiger partial charge in [-0.3, -0.25) is 9.78 Å². The van der Waals surface area contributed by atoms with Crippen LogP contribution in [0.3, 0.4) is 0 Å². The zero-order valence-electron chi connectivity index (χ0n) is 28.2. The Morgan fingerprint density at radius 2 is 1.53 bits per heavy atom. The molecule has 0 aliphatic rings. The number of benzene rings is 3. The van der Waals surface area contributed by atoms with Crippen LogP contribution >= 0.6 is 11.3 Å². The summed E-state index contributed by atoms with van der Waals surface area (Å²) in [5.41, 5.74) is 5.67. The van der Waals surface area contributed by atoms with Crippen molar-refractivity contribution in [1.82, 2.24) is 9.97 Å². The van der Waals surface area contributed by atoms with Gasteiger partial charge in [0.25, 0.3) is 0 Å². The molecule has 45 heavy (non-hydrogen) atoms. The van der Waals surface area contributed by atoms with Crippen LogP contribution in [-0.2, 0) is 30.3 Å². The van der Waals surface area contributed by atoms with Gasteiger partial charge in [-0.25, -0.2) is 4.98 Å². The summed E-state index contributed by atoms with van der Waals surface area (Å²) in [5.74, 6) is 0.547. The average Bonchev–Trinajstić information content (AvgIpc) is 3.29. The van der Waals surface area contributed by atoms with Crippen molar-refractivity contribution < 1.29 is 30.0 Å². The molecule has 0 aliphatic heterocycles. The standard InChI is InChI=1S/C26H23N2S.C13H24O2.Ir/c1-15-16(2)29-25-23(15)27-14-28-24(25)20-11-19-10-17-8-6-7-9-18(17)12-21(19)22(13-20)26(3,4)5;1-5-10(6-2)12(14)9-13(15)11(7-3)8-4;/h6-10,12-14H,1-5H3;9-11,14H,5-8H2,1-4H3;/q-1;;/b;12-9-;. The van der Waals surface area contributed by atoms with Crippen LogP contribution in [0.15, 0.2) is 60.6 Å². The van der Waals surface area contributed by atoms with Crippen LogP contribution in [0.1, 0.15) is 90.2 Å². The number of ketones is 1. The van der Waals surface area contributed by atoms with Gasteiger partial charge in [-0.1, -0.05) is 95.1 Å². The molecule has 1 radical (unpaired) electrons. The molecule has 0 saturated heterocycles. The molecule has 6 heteroatoms. The van der Waals surface area contributed by atoms with E-state index in [1.165, 1.54) is 38.2 Å². The van der Waals surface area contributed by atoms with E-state index in [0.29, 0.717) is 0 Å². The second kappa shape index (κ2) is 15.6. The topological polar surface area (TPSA) is 63.1 Å². The monoisotopic (exact) mass is 800 g/mol. The van der Waals surface area contributed by atoms with Gasteiger partial charge in [0.15, 0.2) is 5.78 Å². The number of aliphatic hydroxyl groups is 1. The van der Waals surface area contributed by atoms with Gasteiger partial charge < -0.3 is 5.11 Å². The van der Waals surface area contributed by atoms with Gasteiger partial charge in [0.05, 0.1) is 11.3 Å². The van der Waals surface area contributed by atoms with Gasteiger partial charge in [0.1, 0.15) is 6.33 Å². The summed E-state index contributed by atoms with van der Waals surface area (Å²) in [6.07, 6.45) is 6.59. The maximum atomic E-state index is 11.7.